The second-order valence-corrected chi connectivity index (χ2v) is 5.85. The Morgan fingerprint density at radius 3 is 2.38 bits per heavy atom. The molecule has 0 spiro atoms. The smallest absolute Gasteiger partial charge is 0.223 e. The molecule has 2 amide bonds. The molecule has 0 bridgehead atoms. The average Bonchev–Trinajstić information content (AvgIpc) is 2.52. The maximum Gasteiger partial charge on any atom is 0.223 e. The molecule has 0 saturated carbocycles. The second-order valence-electron chi connectivity index (χ2n) is 5.85. The fourth-order valence-corrected chi connectivity index (χ4v) is 2.99. The third-order valence-corrected chi connectivity index (χ3v) is 4.11. The highest BCUT2D eigenvalue weighted by Gasteiger charge is 2.26. The lowest BCUT2D eigenvalue weighted by Crippen LogP contribution is -2.47. The Bertz CT molecular complexity index is 327. The highest BCUT2D eigenvalue weighted by Crippen LogP contribution is 2.17. The molecule has 0 aliphatic carbocycles. The molecule has 1 fully saturated rings. The zero-order valence-corrected chi connectivity index (χ0v) is 13.6. The average molecular weight is 297 g/mol. The summed E-state index contributed by atoms with van der Waals surface area (Å²) in [6.45, 7) is 7.04. The number of nitrogens with two attached hydrogens (primary N) is 1. The van der Waals surface area contributed by atoms with Crippen LogP contribution in [0.2, 0.25) is 0 Å². The molecule has 1 atom stereocenters. The maximum atomic E-state index is 12.3. The minimum absolute atomic E-state index is 0.0893. The molecule has 1 saturated heterocycles. The van der Waals surface area contributed by atoms with Crippen LogP contribution in [0.3, 0.4) is 0 Å². The van der Waals surface area contributed by atoms with Crippen molar-refractivity contribution < 1.29 is 9.59 Å². The first-order chi connectivity index (χ1) is 10.1. The van der Waals surface area contributed by atoms with Gasteiger partial charge in [-0.25, -0.2) is 0 Å². The molecule has 0 radical (unpaired) electrons. The quantitative estimate of drug-likeness (QED) is 0.742. The van der Waals surface area contributed by atoms with Gasteiger partial charge in [-0.1, -0.05) is 13.8 Å². The molecular formula is C16H31N3O2. The van der Waals surface area contributed by atoms with Gasteiger partial charge in [0.15, 0.2) is 0 Å². The zero-order valence-electron chi connectivity index (χ0n) is 13.6. The van der Waals surface area contributed by atoms with Crippen molar-refractivity contribution in [3.63, 3.8) is 0 Å². The van der Waals surface area contributed by atoms with E-state index in [1.807, 2.05) is 9.80 Å². The summed E-state index contributed by atoms with van der Waals surface area (Å²) < 4.78 is 0. The molecule has 5 nitrogen and oxygen atoms in total. The van der Waals surface area contributed by atoms with Crippen LogP contribution in [0.1, 0.15) is 58.8 Å². The van der Waals surface area contributed by atoms with Crippen molar-refractivity contribution in [2.24, 2.45) is 5.73 Å². The van der Waals surface area contributed by atoms with Crippen LogP contribution in [0.25, 0.3) is 0 Å². The van der Waals surface area contributed by atoms with E-state index >= 15 is 0 Å². The van der Waals surface area contributed by atoms with Gasteiger partial charge in [0.05, 0.1) is 0 Å². The number of hydrogen-bond donors (Lipinski definition) is 1. The monoisotopic (exact) mass is 297 g/mol. The Kier molecular flexibility index (Phi) is 8.35. The first-order valence-electron chi connectivity index (χ1n) is 8.41. The Labute approximate surface area is 128 Å². The van der Waals surface area contributed by atoms with Crippen molar-refractivity contribution in [2.75, 3.05) is 26.2 Å². The summed E-state index contributed by atoms with van der Waals surface area (Å²) >= 11 is 0. The molecule has 1 rings (SSSR count). The normalized spacial score (nSPS) is 18.6. The fourth-order valence-electron chi connectivity index (χ4n) is 2.99. The molecular weight excluding hydrogens is 266 g/mol. The van der Waals surface area contributed by atoms with E-state index in [4.69, 9.17) is 5.73 Å². The van der Waals surface area contributed by atoms with E-state index < -0.39 is 0 Å². The number of hydrogen-bond acceptors (Lipinski definition) is 3. The fraction of sp³-hybridized carbons (Fsp3) is 0.875. The summed E-state index contributed by atoms with van der Waals surface area (Å²) in [5, 5.41) is 0. The molecule has 0 aromatic heterocycles. The van der Waals surface area contributed by atoms with Crippen LogP contribution >= 0.6 is 0 Å². The number of carbonyl (C=O) groups excluding carboxylic acids is 2. The molecule has 2 N–H and O–H groups in total. The summed E-state index contributed by atoms with van der Waals surface area (Å²) in [6, 6.07) is 0.170. The molecule has 5 heteroatoms. The minimum atomic E-state index is 0.0893. The van der Waals surface area contributed by atoms with Gasteiger partial charge in [-0.15, -0.1) is 0 Å². The molecule has 21 heavy (non-hydrogen) atoms. The largest absolute Gasteiger partial charge is 0.343 e. The lowest BCUT2D eigenvalue weighted by atomic mass is 10.0. The molecule has 0 aromatic carbocycles. The van der Waals surface area contributed by atoms with Gasteiger partial charge in [-0.05, 0) is 32.1 Å². The van der Waals surface area contributed by atoms with Gasteiger partial charge < -0.3 is 15.5 Å². The van der Waals surface area contributed by atoms with Gasteiger partial charge in [0.1, 0.15) is 0 Å². The van der Waals surface area contributed by atoms with Crippen LogP contribution in [0.15, 0.2) is 0 Å². The Morgan fingerprint density at radius 2 is 1.81 bits per heavy atom. The van der Waals surface area contributed by atoms with Crippen LogP contribution in [0.5, 0.6) is 0 Å². The van der Waals surface area contributed by atoms with E-state index in [0.29, 0.717) is 19.4 Å². The lowest BCUT2D eigenvalue weighted by molar-refractivity contribution is -0.139. The number of rotatable bonds is 8. The van der Waals surface area contributed by atoms with E-state index in [1.165, 1.54) is 0 Å². The zero-order chi connectivity index (χ0) is 15.7. The molecule has 1 aliphatic rings. The molecule has 1 aliphatic heterocycles. The summed E-state index contributed by atoms with van der Waals surface area (Å²) in [7, 11) is 0. The minimum Gasteiger partial charge on any atom is -0.343 e. The van der Waals surface area contributed by atoms with E-state index in [0.717, 1.165) is 51.7 Å². The van der Waals surface area contributed by atoms with E-state index in [2.05, 4.69) is 13.8 Å². The van der Waals surface area contributed by atoms with E-state index in [-0.39, 0.29) is 17.9 Å². The third-order valence-electron chi connectivity index (χ3n) is 4.11. The number of likely N-dealkylation sites (tertiary alicyclic amines) is 1. The van der Waals surface area contributed by atoms with Crippen molar-refractivity contribution in [2.45, 2.75) is 64.8 Å². The maximum absolute atomic E-state index is 12.3. The third kappa shape index (κ3) is 5.65. The van der Waals surface area contributed by atoms with Gasteiger partial charge in [-0.2, -0.15) is 0 Å². The second kappa shape index (κ2) is 9.77. The molecule has 0 aromatic rings. The topological polar surface area (TPSA) is 66.6 Å². The number of amides is 2. The number of piperidine rings is 1. The number of carbonyl (C=O) groups is 2. The predicted octanol–water partition coefficient (Wildman–Crippen LogP) is 1.75. The lowest BCUT2D eigenvalue weighted by Gasteiger charge is -2.35. The van der Waals surface area contributed by atoms with Crippen molar-refractivity contribution in [3.8, 4) is 0 Å². The van der Waals surface area contributed by atoms with Gasteiger partial charge in [-0.3, -0.25) is 9.59 Å². The van der Waals surface area contributed by atoms with Crippen molar-refractivity contribution >= 4 is 11.8 Å². The summed E-state index contributed by atoms with van der Waals surface area (Å²) in [6.07, 6.45) is 5.75. The summed E-state index contributed by atoms with van der Waals surface area (Å²) in [5.41, 5.74) is 5.75. The number of nitrogens with zero attached hydrogens (tertiary/aromatic N) is 2. The van der Waals surface area contributed by atoms with E-state index in [1.54, 1.807) is 0 Å². The van der Waals surface area contributed by atoms with Crippen LogP contribution in [-0.4, -0.2) is 53.8 Å². The van der Waals surface area contributed by atoms with Crippen molar-refractivity contribution in [3.05, 3.63) is 0 Å². The van der Waals surface area contributed by atoms with Crippen LogP contribution in [0, 0.1) is 0 Å². The van der Waals surface area contributed by atoms with Crippen LogP contribution in [0.4, 0.5) is 0 Å². The van der Waals surface area contributed by atoms with Crippen molar-refractivity contribution in [1.29, 1.82) is 0 Å². The van der Waals surface area contributed by atoms with Gasteiger partial charge in [0, 0.05) is 45.1 Å². The first kappa shape index (κ1) is 18.0. The van der Waals surface area contributed by atoms with Gasteiger partial charge in [0.2, 0.25) is 11.8 Å². The Morgan fingerprint density at radius 1 is 1.14 bits per heavy atom. The Balaban J connectivity index is 2.44. The predicted molar refractivity (Wildman–Crippen MR) is 84.8 cm³/mol. The highest BCUT2D eigenvalue weighted by atomic mass is 16.2. The highest BCUT2D eigenvalue weighted by molar-refractivity contribution is 5.84. The van der Waals surface area contributed by atoms with Crippen LogP contribution in [-0.2, 0) is 9.59 Å². The Hall–Kier alpha value is -1.10. The molecule has 1 heterocycles. The summed E-state index contributed by atoms with van der Waals surface area (Å²) in [5.74, 6) is 0.194. The molecule has 122 valence electrons. The van der Waals surface area contributed by atoms with E-state index in [9.17, 15) is 9.59 Å². The van der Waals surface area contributed by atoms with Gasteiger partial charge in [0.25, 0.3) is 0 Å². The summed E-state index contributed by atoms with van der Waals surface area (Å²) in [4.78, 5) is 28.3. The standard InChI is InChI=1S/C16H31N3O2/c1-3-10-18(11-4-2)15(20)8-9-16(21)19-12-6-5-7-14(19)13-17/h14H,3-13,17H2,1-2H3. The SMILES string of the molecule is CCCN(CCC)C(=O)CCC(=O)N1CCCCC1CN. The van der Waals surface area contributed by atoms with Gasteiger partial charge >= 0.3 is 0 Å². The van der Waals surface area contributed by atoms with Crippen LogP contribution < -0.4 is 5.73 Å². The molecule has 1 unspecified atom stereocenters. The first-order valence-corrected chi connectivity index (χ1v) is 8.41. The van der Waals surface area contributed by atoms with Crippen molar-refractivity contribution in [1.82, 2.24) is 9.80 Å².